The highest BCUT2D eigenvalue weighted by atomic mass is 19.4. The Bertz CT molecular complexity index is 374. The van der Waals surface area contributed by atoms with Crippen molar-refractivity contribution < 1.29 is 18.0 Å². The third kappa shape index (κ3) is 4.33. The zero-order chi connectivity index (χ0) is 12.2. The summed E-state index contributed by atoms with van der Waals surface area (Å²) in [5, 5.41) is 2.50. The van der Waals surface area contributed by atoms with Crippen LogP contribution in [-0.4, -0.2) is 12.1 Å². The van der Waals surface area contributed by atoms with Crippen molar-refractivity contribution in [2.24, 2.45) is 0 Å². The molecule has 1 aromatic carbocycles. The van der Waals surface area contributed by atoms with Gasteiger partial charge < -0.3 is 5.32 Å². The van der Waals surface area contributed by atoms with Gasteiger partial charge >= 0.3 is 6.18 Å². The van der Waals surface area contributed by atoms with Gasteiger partial charge in [0.25, 0.3) is 0 Å². The molecule has 0 aliphatic carbocycles. The number of nitrogens with one attached hydrogen (secondary N) is 1. The maximum Gasteiger partial charge on any atom is 0.389 e. The number of hydrogen-bond acceptors (Lipinski definition) is 1. The van der Waals surface area contributed by atoms with Crippen molar-refractivity contribution in [3.63, 3.8) is 0 Å². The molecule has 0 aliphatic rings. The first-order chi connectivity index (χ1) is 7.38. The Kier molecular flexibility index (Phi) is 3.93. The van der Waals surface area contributed by atoms with E-state index in [1.807, 2.05) is 0 Å². The van der Waals surface area contributed by atoms with Crippen LogP contribution >= 0.6 is 0 Å². The van der Waals surface area contributed by atoms with E-state index in [1.165, 1.54) is 6.92 Å². The Hall–Kier alpha value is -1.52. The molecule has 0 radical (unpaired) electrons. The van der Waals surface area contributed by atoms with Gasteiger partial charge in [0, 0.05) is 19.0 Å². The molecule has 0 aromatic heterocycles. The Morgan fingerprint density at radius 2 is 1.94 bits per heavy atom. The highest BCUT2D eigenvalue weighted by Gasteiger charge is 2.26. The van der Waals surface area contributed by atoms with Crippen LogP contribution in [0.3, 0.4) is 0 Å². The molecule has 1 rings (SSSR count). The fourth-order valence-corrected chi connectivity index (χ4v) is 1.33. The van der Waals surface area contributed by atoms with Crippen molar-refractivity contribution >= 4 is 11.6 Å². The standard InChI is InChI=1S/C11H12F3NO/c1-8(16)15-10-5-3-2-4-9(10)6-7-11(12,13)14/h2-5H,6-7H2,1H3,(H,15,16). The van der Waals surface area contributed by atoms with Crippen molar-refractivity contribution in [3.05, 3.63) is 29.8 Å². The summed E-state index contributed by atoms with van der Waals surface area (Å²) in [7, 11) is 0. The Labute approximate surface area is 91.5 Å². The summed E-state index contributed by atoms with van der Waals surface area (Å²) in [6.45, 7) is 1.32. The molecule has 0 saturated heterocycles. The maximum atomic E-state index is 12.0. The van der Waals surface area contributed by atoms with Gasteiger partial charge in [-0.05, 0) is 18.1 Å². The van der Waals surface area contributed by atoms with Gasteiger partial charge in [-0.15, -0.1) is 0 Å². The van der Waals surface area contributed by atoms with Gasteiger partial charge in [-0.2, -0.15) is 13.2 Å². The summed E-state index contributed by atoms with van der Waals surface area (Å²) in [5.74, 6) is -0.292. The van der Waals surface area contributed by atoms with Gasteiger partial charge in [-0.3, -0.25) is 4.79 Å². The van der Waals surface area contributed by atoms with Crippen molar-refractivity contribution in [1.29, 1.82) is 0 Å². The average Bonchev–Trinajstić information content (AvgIpc) is 2.14. The van der Waals surface area contributed by atoms with Crippen LogP contribution in [0.2, 0.25) is 0 Å². The molecule has 1 N–H and O–H groups in total. The van der Waals surface area contributed by atoms with Gasteiger partial charge in [0.05, 0.1) is 0 Å². The van der Waals surface area contributed by atoms with Crippen LogP contribution in [0, 0.1) is 0 Å². The van der Waals surface area contributed by atoms with Gasteiger partial charge in [-0.25, -0.2) is 0 Å². The van der Waals surface area contributed by atoms with E-state index in [4.69, 9.17) is 0 Å². The van der Waals surface area contributed by atoms with Gasteiger partial charge in [0.1, 0.15) is 0 Å². The largest absolute Gasteiger partial charge is 0.389 e. The topological polar surface area (TPSA) is 29.1 Å². The molecule has 0 bridgehead atoms. The number of aryl methyl sites for hydroxylation is 1. The van der Waals surface area contributed by atoms with E-state index in [-0.39, 0.29) is 12.3 Å². The maximum absolute atomic E-state index is 12.0. The number of rotatable bonds is 3. The molecule has 0 saturated carbocycles. The number of para-hydroxylation sites is 1. The van der Waals surface area contributed by atoms with Crippen LogP contribution in [0.5, 0.6) is 0 Å². The van der Waals surface area contributed by atoms with Crippen LogP contribution in [0.15, 0.2) is 24.3 Å². The molecular weight excluding hydrogens is 219 g/mol. The molecule has 0 atom stereocenters. The van der Waals surface area contributed by atoms with Crippen LogP contribution in [-0.2, 0) is 11.2 Å². The second kappa shape index (κ2) is 5.01. The summed E-state index contributed by atoms with van der Waals surface area (Å²) in [4.78, 5) is 10.8. The molecule has 0 heterocycles. The molecular formula is C11H12F3NO. The summed E-state index contributed by atoms with van der Waals surface area (Å²) in [6, 6.07) is 6.49. The first-order valence-electron chi connectivity index (χ1n) is 4.81. The molecule has 0 aliphatic heterocycles. The number of anilines is 1. The lowest BCUT2D eigenvalue weighted by Gasteiger charge is -2.11. The Morgan fingerprint density at radius 3 is 2.50 bits per heavy atom. The summed E-state index contributed by atoms with van der Waals surface area (Å²) in [5.41, 5.74) is 0.939. The predicted octanol–water partition coefficient (Wildman–Crippen LogP) is 3.14. The Balaban J connectivity index is 2.75. The van der Waals surface area contributed by atoms with Crippen LogP contribution in [0.1, 0.15) is 18.9 Å². The number of amides is 1. The average molecular weight is 231 g/mol. The molecule has 1 aromatic rings. The third-order valence-electron chi connectivity index (χ3n) is 2.01. The lowest BCUT2D eigenvalue weighted by molar-refractivity contribution is -0.133. The second-order valence-corrected chi connectivity index (χ2v) is 3.45. The monoisotopic (exact) mass is 231 g/mol. The van der Waals surface area contributed by atoms with E-state index in [1.54, 1.807) is 24.3 Å². The quantitative estimate of drug-likeness (QED) is 0.850. The molecule has 1 amide bonds. The van der Waals surface area contributed by atoms with Gasteiger partial charge in [0.15, 0.2) is 0 Å². The van der Waals surface area contributed by atoms with Crippen LogP contribution < -0.4 is 5.32 Å². The fourth-order valence-electron chi connectivity index (χ4n) is 1.33. The minimum atomic E-state index is -4.18. The number of halogens is 3. The van der Waals surface area contributed by atoms with Gasteiger partial charge in [-0.1, -0.05) is 18.2 Å². The predicted molar refractivity (Wildman–Crippen MR) is 55.1 cm³/mol. The highest BCUT2D eigenvalue weighted by Crippen LogP contribution is 2.25. The number of alkyl halides is 3. The second-order valence-electron chi connectivity index (χ2n) is 3.45. The molecule has 0 fully saturated rings. The summed E-state index contributed by atoms with van der Waals surface area (Å²) < 4.78 is 36.1. The van der Waals surface area contributed by atoms with E-state index in [0.29, 0.717) is 11.3 Å². The highest BCUT2D eigenvalue weighted by molar-refractivity contribution is 5.89. The molecule has 0 unspecified atom stereocenters. The first kappa shape index (κ1) is 12.5. The zero-order valence-electron chi connectivity index (χ0n) is 8.77. The third-order valence-corrected chi connectivity index (χ3v) is 2.01. The lowest BCUT2D eigenvalue weighted by Crippen LogP contribution is -2.11. The van der Waals surface area contributed by atoms with E-state index in [9.17, 15) is 18.0 Å². The van der Waals surface area contributed by atoms with E-state index >= 15 is 0 Å². The van der Waals surface area contributed by atoms with Crippen molar-refractivity contribution in [2.75, 3.05) is 5.32 Å². The molecule has 5 heteroatoms. The number of carbonyl (C=O) groups is 1. The molecule has 0 spiro atoms. The first-order valence-corrected chi connectivity index (χ1v) is 4.81. The fraction of sp³-hybridized carbons (Fsp3) is 0.364. The zero-order valence-corrected chi connectivity index (χ0v) is 8.77. The normalized spacial score (nSPS) is 11.2. The summed E-state index contributed by atoms with van der Waals surface area (Å²) in [6.07, 6.45) is -5.19. The van der Waals surface area contributed by atoms with Crippen LogP contribution in [0.25, 0.3) is 0 Å². The minimum absolute atomic E-state index is 0.125. The number of benzene rings is 1. The SMILES string of the molecule is CC(=O)Nc1ccccc1CCC(F)(F)F. The summed E-state index contributed by atoms with van der Waals surface area (Å²) >= 11 is 0. The van der Waals surface area contributed by atoms with E-state index in [2.05, 4.69) is 5.32 Å². The number of carbonyl (C=O) groups excluding carboxylic acids is 1. The molecule has 2 nitrogen and oxygen atoms in total. The van der Waals surface area contributed by atoms with Crippen molar-refractivity contribution in [3.8, 4) is 0 Å². The van der Waals surface area contributed by atoms with E-state index < -0.39 is 12.6 Å². The van der Waals surface area contributed by atoms with Crippen molar-refractivity contribution in [2.45, 2.75) is 25.9 Å². The van der Waals surface area contributed by atoms with Crippen LogP contribution in [0.4, 0.5) is 18.9 Å². The minimum Gasteiger partial charge on any atom is -0.326 e. The Morgan fingerprint density at radius 1 is 1.31 bits per heavy atom. The van der Waals surface area contributed by atoms with E-state index in [0.717, 1.165) is 0 Å². The molecule has 16 heavy (non-hydrogen) atoms. The molecule has 88 valence electrons. The van der Waals surface area contributed by atoms with Crippen molar-refractivity contribution in [1.82, 2.24) is 0 Å². The number of hydrogen-bond donors (Lipinski definition) is 1. The lowest BCUT2D eigenvalue weighted by atomic mass is 10.1. The van der Waals surface area contributed by atoms with Gasteiger partial charge in [0.2, 0.25) is 5.91 Å². The smallest absolute Gasteiger partial charge is 0.326 e.